The van der Waals surface area contributed by atoms with E-state index in [0.29, 0.717) is 12.1 Å². The number of rotatable bonds is 11. The fraction of sp³-hybridized carbons (Fsp3) is 0.435. The normalized spacial score (nSPS) is 10.9. The van der Waals surface area contributed by atoms with Crippen molar-refractivity contribution >= 4 is 5.97 Å². The summed E-state index contributed by atoms with van der Waals surface area (Å²) in [6, 6.07) is 8.24. The van der Waals surface area contributed by atoms with Gasteiger partial charge in [-0.25, -0.2) is 18.0 Å². The van der Waals surface area contributed by atoms with Gasteiger partial charge in [-0.1, -0.05) is 64.0 Å². The number of halogens is 3. The lowest BCUT2D eigenvalue weighted by atomic mass is 10.0. The molecule has 2 rings (SSSR count). The van der Waals surface area contributed by atoms with Crippen molar-refractivity contribution in [3.8, 4) is 5.75 Å². The zero-order valence-corrected chi connectivity index (χ0v) is 16.3. The molecule has 2 nitrogen and oxygen atoms in total. The topological polar surface area (TPSA) is 26.3 Å². The van der Waals surface area contributed by atoms with E-state index in [1.165, 1.54) is 44.9 Å². The Morgan fingerprint density at radius 2 is 1.36 bits per heavy atom. The van der Waals surface area contributed by atoms with Crippen molar-refractivity contribution in [2.75, 3.05) is 0 Å². The Kier molecular flexibility index (Phi) is 9.05. The first-order valence-corrected chi connectivity index (χ1v) is 9.97. The highest BCUT2D eigenvalue weighted by Gasteiger charge is 2.14. The number of aryl methyl sites for hydroxylation is 1. The van der Waals surface area contributed by atoms with Gasteiger partial charge in [0, 0.05) is 12.1 Å². The first-order valence-electron chi connectivity index (χ1n) is 9.97. The number of esters is 1. The zero-order valence-electron chi connectivity index (χ0n) is 16.3. The largest absolute Gasteiger partial charge is 0.423 e. The summed E-state index contributed by atoms with van der Waals surface area (Å²) in [5, 5.41) is 0. The Hall–Kier alpha value is -2.30. The molecule has 0 aromatic heterocycles. The van der Waals surface area contributed by atoms with Gasteiger partial charge >= 0.3 is 5.97 Å². The van der Waals surface area contributed by atoms with Crippen molar-refractivity contribution in [3.63, 3.8) is 0 Å². The maximum Gasteiger partial charge on any atom is 0.343 e. The van der Waals surface area contributed by atoms with E-state index in [-0.39, 0.29) is 11.3 Å². The lowest BCUT2D eigenvalue weighted by Gasteiger charge is -2.07. The second-order valence-corrected chi connectivity index (χ2v) is 7.01. The molecule has 0 amide bonds. The van der Waals surface area contributed by atoms with E-state index >= 15 is 0 Å². The maximum absolute atomic E-state index is 13.2. The van der Waals surface area contributed by atoms with Gasteiger partial charge in [-0.15, -0.1) is 0 Å². The Balaban J connectivity index is 1.76. The summed E-state index contributed by atoms with van der Waals surface area (Å²) in [6.07, 6.45) is 11.0. The minimum atomic E-state index is -1.59. The fourth-order valence-corrected chi connectivity index (χ4v) is 3.03. The Morgan fingerprint density at radius 3 is 1.93 bits per heavy atom. The number of ether oxygens (including phenoxy) is 1. The molecular weight excluding hydrogens is 365 g/mol. The summed E-state index contributed by atoms with van der Waals surface area (Å²) >= 11 is 0. The second-order valence-electron chi connectivity index (χ2n) is 7.01. The van der Waals surface area contributed by atoms with Crippen LogP contribution < -0.4 is 4.74 Å². The lowest BCUT2D eigenvalue weighted by Crippen LogP contribution is -2.09. The van der Waals surface area contributed by atoms with Crippen LogP contribution in [0.4, 0.5) is 13.2 Å². The molecule has 2 aromatic carbocycles. The summed E-state index contributed by atoms with van der Waals surface area (Å²) in [4.78, 5) is 12.1. The highest BCUT2D eigenvalue weighted by atomic mass is 19.2. The van der Waals surface area contributed by atoms with E-state index in [2.05, 4.69) is 6.92 Å². The predicted molar refractivity (Wildman–Crippen MR) is 104 cm³/mol. The molecule has 0 saturated heterocycles. The summed E-state index contributed by atoms with van der Waals surface area (Å²) < 4.78 is 44.3. The van der Waals surface area contributed by atoms with Gasteiger partial charge in [-0.3, -0.25) is 0 Å². The van der Waals surface area contributed by atoms with Crippen LogP contribution in [0.5, 0.6) is 5.75 Å². The van der Waals surface area contributed by atoms with Crippen molar-refractivity contribution in [2.45, 2.75) is 64.7 Å². The fourth-order valence-electron chi connectivity index (χ4n) is 3.03. The van der Waals surface area contributed by atoms with Crippen LogP contribution in [-0.4, -0.2) is 5.97 Å². The van der Waals surface area contributed by atoms with Crippen molar-refractivity contribution in [3.05, 3.63) is 65.0 Å². The van der Waals surface area contributed by atoms with Crippen molar-refractivity contribution in [2.24, 2.45) is 0 Å². The molecule has 28 heavy (non-hydrogen) atoms. The van der Waals surface area contributed by atoms with E-state index < -0.39 is 23.4 Å². The van der Waals surface area contributed by atoms with Crippen LogP contribution in [0.3, 0.4) is 0 Å². The van der Waals surface area contributed by atoms with Gasteiger partial charge in [0.1, 0.15) is 5.75 Å². The monoisotopic (exact) mass is 392 g/mol. The van der Waals surface area contributed by atoms with Crippen LogP contribution in [0, 0.1) is 17.5 Å². The minimum Gasteiger partial charge on any atom is -0.423 e. The van der Waals surface area contributed by atoms with Gasteiger partial charge in [-0.2, -0.15) is 0 Å². The Bertz CT molecular complexity index is 734. The number of benzene rings is 2. The summed E-state index contributed by atoms with van der Waals surface area (Å²) in [5.74, 6) is -5.51. The molecule has 0 aliphatic heterocycles. The Labute approximate surface area is 164 Å². The van der Waals surface area contributed by atoms with Crippen molar-refractivity contribution < 1.29 is 22.7 Å². The quantitative estimate of drug-likeness (QED) is 0.178. The first-order chi connectivity index (χ1) is 13.5. The number of carbonyl (C=O) groups is 1. The second kappa shape index (κ2) is 11.5. The average molecular weight is 392 g/mol. The molecule has 0 fully saturated rings. The highest BCUT2D eigenvalue weighted by Crippen LogP contribution is 2.20. The molecule has 0 saturated carbocycles. The lowest BCUT2D eigenvalue weighted by molar-refractivity contribution is 0.0733. The van der Waals surface area contributed by atoms with Gasteiger partial charge in [-0.05, 0) is 30.5 Å². The standard InChI is InChI=1S/C23H27F3O2/c1-2-3-4-5-6-7-8-9-10-17-11-13-18(14-12-17)23(27)28-19-15-20(24)22(26)21(25)16-19/h11-16H,2-10H2,1H3. The summed E-state index contributed by atoms with van der Waals surface area (Å²) in [5.41, 5.74) is 1.39. The molecule has 5 heteroatoms. The van der Waals surface area contributed by atoms with Crippen LogP contribution in [-0.2, 0) is 6.42 Å². The average Bonchev–Trinajstić information content (AvgIpc) is 2.68. The third-order valence-electron chi connectivity index (χ3n) is 4.68. The van der Waals surface area contributed by atoms with Gasteiger partial charge in [0.2, 0.25) is 0 Å². The molecule has 0 bridgehead atoms. The molecule has 0 radical (unpaired) electrons. The van der Waals surface area contributed by atoms with Crippen molar-refractivity contribution in [1.29, 1.82) is 0 Å². The van der Waals surface area contributed by atoms with Crippen molar-refractivity contribution in [1.82, 2.24) is 0 Å². The summed E-state index contributed by atoms with van der Waals surface area (Å²) in [7, 11) is 0. The van der Waals surface area contributed by atoms with E-state index in [0.717, 1.165) is 18.4 Å². The number of unbranched alkanes of at least 4 members (excludes halogenated alkanes) is 7. The molecule has 0 aliphatic rings. The molecule has 0 unspecified atom stereocenters. The molecule has 0 aliphatic carbocycles. The first kappa shape index (κ1) is 22.0. The molecule has 2 aromatic rings. The third kappa shape index (κ3) is 7.02. The molecule has 0 spiro atoms. The van der Waals surface area contributed by atoms with Crippen LogP contribution in [0.1, 0.15) is 74.2 Å². The molecule has 0 N–H and O–H groups in total. The number of carbonyl (C=O) groups excluding carboxylic acids is 1. The SMILES string of the molecule is CCCCCCCCCCc1ccc(C(=O)Oc2cc(F)c(F)c(F)c2)cc1. The summed E-state index contributed by atoms with van der Waals surface area (Å²) in [6.45, 7) is 2.22. The van der Waals surface area contributed by atoms with Gasteiger partial charge in [0.15, 0.2) is 17.5 Å². The number of hydrogen-bond acceptors (Lipinski definition) is 2. The molecule has 0 atom stereocenters. The zero-order chi connectivity index (χ0) is 20.4. The third-order valence-corrected chi connectivity index (χ3v) is 4.68. The van der Waals surface area contributed by atoms with Crippen LogP contribution in [0.2, 0.25) is 0 Å². The van der Waals surface area contributed by atoms with Crippen LogP contribution in [0.15, 0.2) is 36.4 Å². The van der Waals surface area contributed by atoms with Gasteiger partial charge < -0.3 is 4.74 Å². The minimum absolute atomic E-state index is 0.268. The van der Waals surface area contributed by atoms with Gasteiger partial charge in [0.05, 0.1) is 5.56 Å². The maximum atomic E-state index is 13.2. The predicted octanol–water partition coefficient (Wildman–Crippen LogP) is 7.01. The molecule has 152 valence electrons. The van der Waals surface area contributed by atoms with Crippen LogP contribution in [0.25, 0.3) is 0 Å². The molecular formula is C23H27F3O2. The highest BCUT2D eigenvalue weighted by molar-refractivity contribution is 5.91. The van der Waals surface area contributed by atoms with Gasteiger partial charge in [0.25, 0.3) is 0 Å². The smallest absolute Gasteiger partial charge is 0.343 e. The van der Waals surface area contributed by atoms with E-state index in [4.69, 9.17) is 4.74 Å². The Morgan fingerprint density at radius 1 is 0.821 bits per heavy atom. The van der Waals surface area contributed by atoms with E-state index in [1.807, 2.05) is 12.1 Å². The van der Waals surface area contributed by atoms with E-state index in [1.54, 1.807) is 12.1 Å². The molecule has 0 heterocycles. The van der Waals surface area contributed by atoms with E-state index in [9.17, 15) is 18.0 Å². The number of hydrogen-bond donors (Lipinski definition) is 0. The van der Waals surface area contributed by atoms with Crippen LogP contribution >= 0.6 is 0 Å².